The number of nitrogens with zero attached hydrogens (tertiary/aromatic N) is 1. The number of anilines is 1. The van der Waals surface area contributed by atoms with Gasteiger partial charge in [-0.1, -0.05) is 18.2 Å². The molecular formula is C17H17Br2N3O2. The molecule has 7 heteroatoms. The van der Waals surface area contributed by atoms with Gasteiger partial charge in [-0.3, -0.25) is 4.79 Å². The summed E-state index contributed by atoms with van der Waals surface area (Å²) < 4.78 is 1.08. The molecule has 0 spiro atoms. The molecule has 0 aliphatic rings. The number of para-hydroxylation sites is 1. The zero-order valence-electron chi connectivity index (χ0n) is 13.2. The standard InChI is InChI=1S/C17H17Br2N3O2/c1-10-5-3-4-6-15(10)21-11(2)17(24)22-20-9-12-7-13(18)16(23)14(19)8-12/h3-9,11,21,23H,1-2H3,(H,22,24)/t11-/m0/s1. The van der Waals surface area contributed by atoms with Gasteiger partial charge in [0.1, 0.15) is 11.8 Å². The van der Waals surface area contributed by atoms with Crippen LogP contribution < -0.4 is 10.7 Å². The Bertz CT molecular complexity index is 755. The van der Waals surface area contributed by atoms with Gasteiger partial charge in [-0.2, -0.15) is 5.10 Å². The number of carbonyl (C=O) groups is 1. The minimum Gasteiger partial charge on any atom is -0.506 e. The van der Waals surface area contributed by atoms with E-state index >= 15 is 0 Å². The lowest BCUT2D eigenvalue weighted by Crippen LogP contribution is -2.35. The van der Waals surface area contributed by atoms with E-state index < -0.39 is 6.04 Å². The number of carbonyl (C=O) groups excluding carboxylic acids is 1. The van der Waals surface area contributed by atoms with Gasteiger partial charge in [0.05, 0.1) is 15.2 Å². The van der Waals surface area contributed by atoms with E-state index in [0.717, 1.165) is 16.8 Å². The lowest BCUT2D eigenvalue weighted by atomic mass is 10.2. The first kappa shape index (κ1) is 18.5. The molecule has 0 fully saturated rings. The first-order valence-corrected chi connectivity index (χ1v) is 8.80. The number of nitrogens with one attached hydrogen (secondary N) is 2. The summed E-state index contributed by atoms with van der Waals surface area (Å²) >= 11 is 6.49. The summed E-state index contributed by atoms with van der Waals surface area (Å²) in [6.07, 6.45) is 1.51. The summed E-state index contributed by atoms with van der Waals surface area (Å²) in [5, 5.41) is 16.8. The van der Waals surface area contributed by atoms with E-state index in [9.17, 15) is 9.90 Å². The molecule has 0 saturated heterocycles. The largest absolute Gasteiger partial charge is 0.506 e. The first-order valence-electron chi connectivity index (χ1n) is 7.21. The average molecular weight is 455 g/mol. The maximum absolute atomic E-state index is 12.1. The Morgan fingerprint density at radius 2 is 1.88 bits per heavy atom. The van der Waals surface area contributed by atoms with Crippen LogP contribution in [0.25, 0.3) is 0 Å². The smallest absolute Gasteiger partial charge is 0.262 e. The molecule has 0 aliphatic carbocycles. The summed E-state index contributed by atoms with van der Waals surface area (Å²) in [4.78, 5) is 12.1. The van der Waals surface area contributed by atoms with Crippen molar-refractivity contribution in [1.29, 1.82) is 0 Å². The third-order valence-corrected chi connectivity index (χ3v) is 4.55. The van der Waals surface area contributed by atoms with Crippen LogP contribution in [0.2, 0.25) is 0 Å². The fourth-order valence-electron chi connectivity index (χ4n) is 1.96. The number of benzene rings is 2. The van der Waals surface area contributed by atoms with Crippen molar-refractivity contribution < 1.29 is 9.90 Å². The molecule has 1 amide bonds. The second kappa shape index (κ2) is 8.30. The molecule has 0 saturated carbocycles. The third-order valence-electron chi connectivity index (χ3n) is 3.34. The second-order valence-corrected chi connectivity index (χ2v) is 6.96. The minimum absolute atomic E-state index is 0.118. The van der Waals surface area contributed by atoms with Crippen molar-refractivity contribution in [1.82, 2.24) is 5.43 Å². The van der Waals surface area contributed by atoms with Crippen LogP contribution in [-0.4, -0.2) is 23.3 Å². The molecule has 2 rings (SSSR count). The fourth-order valence-corrected chi connectivity index (χ4v) is 3.18. The van der Waals surface area contributed by atoms with E-state index in [1.165, 1.54) is 6.21 Å². The molecule has 3 N–H and O–H groups in total. The molecule has 2 aromatic carbocycles. The van der Waals surface area contributed by atoms with E-state index in [2.05, 4.69) is 47.7 Å². The Balaban J connectivity index is 1.96. The molecular weight excluding hydrogens is 438 g/mol. The highest BCUT2D eigenvalue weighted by Gasteiger charge is 2.12. The molecule has 0 radical (unpaired) electrons. The number of halogens is 2. The zero-order valence-corrected chi connectivity index (χ0v) is 16.3. The molecule has 5 nitrogen and oxygen atoms in total. The zero-order chi connectivity index (χ0) is 17.7. The highest BCUT2D eigenvalue weighted by Crippen LogP contribution is 2.32. The molecule has 1 atom stereocenters. The van der Waals surface area contributed by atoms with Crippen molar-refractivity contribution in [3.63, 3.8) is 0 Å². The van der Waals surface area contributed by atoms with E-state index in [1.807, 2.05) is 31.2 Å². The first-order chi connectivity index (χ1) is 11.4. The third kappa shape index (κ3) is 4.82. The van der Waals surface area contributed by atoms with Gasteiger partial charge in [0.15, 0.2) is 0 Å². The van der Waals surface area contributed by atoms with Crippen molar-refractivity contribution in [3.05, 3.63) is 56.5 Å². The molecule has 0 aliphatic heterocycles. The lowest BCUT2D eigenvalue weighted by Gasteiger charge is -2.15. The van der Waals surface area contributed by atoms with E-state index in [0.29, 0.717) is 8.95 Å². The van der Waals surface area contributed by atoms with Gasteiger partial charge in [0, 0.05) is 5.69 Å². The van der Waals surface area contributed by atoms with Gasteiger partial charge >= 0.3 is 0 Å². The van der Waals surface area contributed by atoms with E-state index in [1.54, 1.807) is 19.1 Å². The van der Waals surface area contributed by atoms with Crippen molar-refractivity contribution >= 4 is 49.7 Å². The summed E-state index contributed by atoms with van der Waals surface area (Å²) in [5.41, 5.74) is 5.21. The number of phenolic OH excluding ortho intramolecular Hbond substituents is 1. The predicted molar refractivity (Wildman–Crippen MR) is 104 cm³/mol. The molecule has 0 heterocycles. The van der Waals surface area contributed by atoms with Crippen molar-refractivity contribution in [3.8, 4) is 5.75 Å². The molecule has 126 valence electrons. The number of rotatable bonds is 5. The van der Waals surface area contributed by atoms with Crippen LogP contribution in [-0.2, 0) is 4.79 Å². The van der Waals surface area contributed by atoms with Crippen LogP contribution in [0.4, 0.5) is 5.69 Å². The van der Waals surface area contributed by atoms with Crippen LogP contribution >= 0.6 is 31.9 Å². The number of aryl methyl sites for hydroxylation is 1. The minimum atomic E-state index is -0.429. The Hall–Kier alpha value is -1.86. The van der Waals surface area contributed by atoms with Gasteiger partial charge in [-0.15, -0.1) is 0 Å². The van der Waals surface area contributed by atoms with Gasteiger partial charge in [-0.25, -0.2) is 5.43 Å². The predicted octanol–water partition coefficient (Wildman–Crippen LogP) is 4.18. The summed E-state index contributed by atoms with van der Waals surface area (Å²) in [6.45, 7) is 3.75. The van der Waals surface area contributed by atoms with E-state index in [-0.39, 0.29) is 11.7 Å². The van der Waals surface area contributed by atoms with Gasteiger partial charge < -0.3 is 10.4 Å². The number of hydrogen-bond donors (Lipinski definition) is 3. The second-order valence-electron chi connectivity index (χ2n) is 5.25. The van der Waals surface area contributed by atoms with Crippen molar-refractivity contribution in [2.24, 2.45) is 5.10 Å². The molecule has 0 unspecified atom stereocenters. The lowest BCUT2D eigenvalue weighted by molar-refractivity contribution is -0.121. The number of hydrogen-bond acceptors (Lipinski definition) is 4. The maximum atomic E-state index is 12.1. The van der Waals surface area contributed by atoms with E-state index in [4.69, 9.17) is 0 Å². The van der Waals surface area contributed by atoms with Crippen LogP contribution in [0.3, 0.4) is 0 Å². The molecule has 24 heavy (non-hydrogen) atoms. The highest BCUT2D eigenvalue weighted by molar-refractivity contribution is 9.11. The Labute approximate surface area is 157 Å². The normalized spacial score (nSPS) is 12.2. The number of aromatic hydroxyl groups is 1. The van der Waals surface area contributed by atoms with Crippen LogP contribution in [0.1, 0.15) is 18.1 Å². The monoisotopic (exact) mass is 453 g/mol. The Kier molecular flexibility index (Phi) is 6.39. The van der Waals surface area contributed by atoms with Crippen molar-refractivity contribution in [2.75, 3.05) is 5.32 Å². The van der Waals surface area contributed by atoms with Gasteiger partial charge in [0.25, 0.3) is 5.91 Å². The average Bonchev–Trinajstić information content (AvgIpc) is 2.54. The Morgan fingerprint density at radius 1 is 1.25 bits per heavy atom. The highest BCUT2D eigenvalue weighted by atomic mass is 79.9. The Morgan fingerprint density at radius 3 is 2.50 bits per heavy atom. The van der Waals surface area contributed by atoms with Crippen LogP contribution in [0.15, 0.2) is 50.4 Å². The van der Waals surface area contributed by atoms with Gasteiger partial charge in [0.2, 0.25) is 0 Å². The quantitative estimate of drug-likeness (QED) is 0.468. The summed E-state index contributed by atoms with van der Waals surface area (Å²) in [5.74, 6) is -0.126. The molecule has 2 aromatic rings. The molecule has 0 aromatic heterocycles. The fraction of sp³-hybridized carbons (Fsp3) is 0.176. The molecule has 0 bridgehead atoms. The maximum Gasteiger partial charge on any atom is 0.262 e. The van der Waals surface area contributed by atoms with Crippen LogP contribution in [0.5, 0.6) is 5.75 Å². The van der Waals surface area contributed by atoms with Gasteiger partial charge in [-0.05, 0) is 75.0 Å². The summed E-state index contributed by atoms with van der Waals surface area (Å²) in [6, 6.07) is 10.7. The number of phenols is 1. The van der Waals surface area contributed by atoms with Crippen molar-refractivity contribution in [2.45, 2.75) is 19.9 Å². The topological polar surface area (TPSA) is 73.7 Å². The number of hydrazone groups is 1. The SMILES string of the molecule is Cc1ccccc1N[C@@H](C)C(=O)NN=Cc1cc(Br)c(O)c(Br)c1. The summed E-state index contributed by atoms with van der Waals surface area (Å²) in [7, 11) is 0. The van der Waals surface area contributed by atoms with Crippen LogP contribution in [0, 0.1) is 6.92 Å². The number of amides is 1.